The van der Waals surface area contributed by atoms with Gasteiger partial charge in [0.2, 0.25) is 24.3 Å². The zero-order chi connectivity index (χ0) is 94.0. The highest BCUT2D eigenvalue weighted by Gasteiger charge is 2.49. The molecule has 5 heterocycles. The molecule has 696 valence electrons. The number of aromatic nitrogens is 6. The van der Waals surface area contributed by atoms with Crippen LogP contribution in [0.15, 0.2) is 228 Å². The summed E-state index contributed by atoms with van der Waals surface area (Å²) >= 11 is 0. The smallest absolute Gasteiger partial charge is 0.475 e. The Balaban J connectivity index is 0.649. The second-order valence-electron chi connectivity index (χ2n) is 32.9. The normalized spacial score (nSPS) is 17.3. The van der Waals surface area contributed by atoms with Gasteiger partial charge in [0.1, 0.15) is 73.5 Å². The fourth-order valence-electron chi connectivity index (χ4n) is 17.1. The van der Waals surface area contributed by atoms with Gasteiger partial charge in [-0.05, 0) is 143 Å². The Morgan fingerprint density at radius 3 is 1.79 bits per heavy atom. The molecule has 36 heteroatoms. The van der Waals surface area contributed by atoms with E-state index in [9.17, 15) is 38.8 Å². The fourth-order valence-corrected chi connectivity index (χ4v) is 20.3. The van der Waals surface area contributed by atoms with Gasteiger partial charge in [0.15, 0.2) is 11.2 Å². The Labute approximate surface area is 775 Å². The number of fused-ring (bicyclic) bond motifs is 7. The largest absolute Gasteiger partial charge is 0.497 e. The summed E-state index contributed by atoms with van der Waals surface area (Å²) in [6, 6.07) is 66.1. The number of rotatable bonds is 42. The first-order valence-electron chi connectivity index (χ1n) is 44.2. The van der Waals surface area contributed by atoms with Gasteiger partial charge in [0, 0.05) is 88.0 Å². The maximum atomic E-state index is 16.1. The summed E-state index contributed by atoms with van der Waals surface area (Å²) < 4.78 is 97.5. The second kappa shape index (κ2) is 44.1. The zero-order valence-electron chi connectivity index (χ0n) is 75.0. The van der Waals surface area contributed by atoms with E-state index in [2.05, 4.69) is 76.4 Å². The first-order chi connectivity index (χ1) is 65.0. The topological polar surface area (TPSA) is 394 Å². The van der Waals surface area contributed by atoms with Crippen LogP contribution in [0.5, 0.6) is 11.5 Å². The molecule has 8 atom stereocenters. The van der Waals surface area contributed by atoms with Crippen molar-refractivity contribution in [1.29, 1.82) is 5.26 Å². The number of nitriles is 1. The summed E-state index contributed by atoms with van der Waals surface area (Å²) in [5.41, 5.74) is 8.44. The van der Waals surface area contributed by atoms with Crippen LogP contribution in [0, 0.1) is 17.9 Å². The average molecular weight is 1860 g/mol. The molecule has 3 aromatic heterocycles. The quantitative estimate of drug-likeness (QED) is 0.0103. The molecule has 15 rings (SSSR count). The highest BCUT2D eigenvalue weighted by molar-refractivity contribution is 7.48. The van der Waals surface area contributed by atoms with Crippen molar-refractivity contribution in [3.63, 3.8) is 0 Å². The second-order valence-corrected chi connectivity index (χ2v) is 35.9. The van der Waals surface area contributed by atoms with Crippen LogP contribution in [0.4, 0.5) is 21.4 Å². The first-order valence-corrected chi connectivity index (χ1v) is 46.7. The number of hydrogen-bond donors (Lipinski definition) is 5. The van der Waals surface area contributed by atoms with Gasteiger partial charge in [0.05, 0.1) is 59.0 Å². The summed E-state index contributed by atoms with van der Waals surface area (Å²) in [5.74, 6) is -1.06. The van der Waals surface area contributed by atoms with Crippen molar-refractivity contribution in [2.75, 3.05) is 91.2 Å². The van der Waals surface area contributed by atoms with Crippen molar-refractivity contribution in [2.24, 2.45) is 0 Å². The zero-order valence-corrected chi connectivity index (χ0v) is 76.7. The van der Waals surface area contributed by atoms with Crippen molar-refractivity contribution < 1.29 is 84.3 Å². The molecule has 5 amide bonds. The number of aromatic amines is 1. The number of ether oxygens (including phenoxy) is 7. The molecule has 2 fully saturated rings. The number of phosphoric ester groups is 1. The monoisotopic (exact) mass is 1860 g/mol. The van der Waals surface area contributed by atoms with Crippen LogP contribution < -0.4 is 42.0 Å². The lowest BCUT2D eigenvalue weighted by Crippen LogP contribution is -2.38. The number of H-pyrrole nitrogens is 1. The summed E-state index contributed by atoms with van der Waals surface area (Å²) in [6.07, 6.45) is -5.95. The molecule has 2 saturated heterocycles. The van der Waals surface area contributed by atoms with E-state index in [0.717, 1.165) is 44.5 Å². The van der Waals surface area contributed by atoms with Gasteiger partial charge < -0.3 is 67.9 Å². The number of carbonyl (C=O) groups is 5. The highest BCUT2D eigenvalue weighted by atomic mass is 31.2. The van der Waals surface area contributed by atoms with E-state index in [1.165, 1.54) is 32.6 Å². The molecule has 2 aliphatic heterocycles. The van der Waals surface area contributed by atoms with Crippen LogP contribution in [0.2, 0.25) is 0 Å². The number of hydrogen-bond acceptors (Lipinski definition) is 25. The number of phosphoric acid groups is 1. The van der Waals surface area contributed by atoms with E-state index >= 15 is 4.57 Å². The summed E-state index contributed by atoms with van der Waals surface area (Å²) in [7, 11) is -2.35. The minimum absolute atomic E-state index is 0.0131. The molecule has 11 aromatic rings. The summed E-state index contributed by atoms with van der Waals surface area (Å²) in [4.78, 5) is 116. The molecular weight excluding hydrogens is 1760 g/mol. The number of imidazole rings is 1. The van der Waals surface area contributed by atoms with Gasteiger partial charge in [-0.2, -0.15) is 15.2 Å². The molecule has 4 aliphatic rings. The number of anilines is 2. The van der Waals surface area contributed by atoms with Crippen LogP contribution in [0.1, 0.15) is 145 Å². The van der Waals surface area contributed by atoms with Crippen LogP contribution in [-0.2, 0) is 72.6 Å². The Kier molecular flexibility index (Phi) is 31.4. The highest BCUT2D eigenvalue weighted by Crippen LogP contribution is 2.56. The van der Waals surface area contributed by atoms with E-state index in [4.69, 9.17) is 62.3 Å². The minimum atomic E-state index is -5.03. The fraction of sp³-hybridized carbons (Fsp3) is 0.347. The van der Waals surface area contributed by atoms with Crippen molar-refractivity contribution in [2.45, 2.75) is 139 Å². The third-order valence-corrected chi connectivity index (χ3v) is 27.2. The SMILES string of the molecule is [C-]#[N+]CCOP(=O)(OC[C@H]1O[C@@H](n2ccc(NC(=O)CCCN(C)C(=O)OCC3c4ccccc4-c4ccccc43)nc2=O)C[C@H]1OP(OCCC#N)N(C(C)C)C(C)C)O[C@@H]1C[C@H](n2cnc3c(=O)[nH]c(NC(=O)CCNC(=O)c4ccc(CNC(=O)OCC5c6ccccc6-c6ccccc65)cc4)nc32)O[C@@H]1COC(c1ccccc1)(c1ccc(OC)cc1)c1ccc(OC)cc1. The number of nitrogens with one attached hydrogen (secondary N) is 5. The van der Waals surface area contributed by atoms with E-state index in [1.54, 1.807) is 69.8 Å². The lowest BCUT2D eigenvalue weighted by molar-refractivity contribution is -0.117. The molecule has 2 unspecified atom stereocenters. The molecule has 5 N–H and O–H groups in total. The minimum Gasteiger partial charge on any atom is -0.497 e. The molecule has 0 radical (unpaired) electrons. The lowest BCUT2D eigenvalue weighted by atomic mass is 9.80. The molecule has 2 aliphatic carbocycles. The maximum absolute atomic E-state index is 16.1. The number of benzene rings is 8. The molecule has 8 aromatic carbocycles. The predicted molar refractivity (Wildman–Crippen MR) is 497 cm³/mol. The van der Waals surface area contributed by atoms with Gasteiger partial charge in [-0.3, -0.25) is 52.2 Å². The Hall–Kier alpha value is -13.2. The van der Waals surface area contributed by atoms with Gasteiger partial charge in [-0.25, -0.2) is 35.2 Å². The van der Waals surface area contributed by atoms with E-state index in [1.807, 2.05) is 160 Å². The summed E-state index contributed by atoms with van der Waals surface area (Å²) in [6.45, 7) is 14.3. The molecule has 0 spiro atoms. The third-order valence-electron chi connectivity index (χ3n) is 23.6. The van der Waals surface area contributed by atoms with Crippen LogP contribution in [-0.4, -0.2) is 186 Å². The molecular formula is C98H104N14O20P2. The maximum Gasteiger partial charge on any atom is 0.475 e. The molecule has 0 saturated carbocycles. The molecule has 134 heavy (non-hydrogen) atoms. The number of alkyl carbamates (subject to hydrolysis) is 1. The molecule has 34 nitrogen and oxygen atoms in total. The third kappa shape index (κ3) is 22.3. The number of amides is 5. The Morgan fingerprint density at radius 2 is 1.21 bits per heavy atom. The Bertz CT molecular complexity index is 6110. The predicted octanol–water partition coefficient (Wildman–Crippen LogP) is 15.5. The first kappa shape index (κ1) is 95.4. The van der Waals surface area contributed by atoms with Gasteiger partial charge >= 0.3 is 25.7 Å². The Morgan fingerprint density at radius 1 is 0.649 bits per heavy atom. The van der Waals surface area contributed by atoms with Crippen LogP contribution >= 0.6 is 16.3 Å². The number of carbonyl (C=O) groups excluding carboxylic acids is 5. The van der Waals surface area contributed by atoms with E-state index in [0.29, 0.717) is 33.8 Å². The summed E-state index contributed by atoms with van der Waals surface area (Å²) in [5, 5.41) is 20.6. The number of nitrogens with zero attached hydrogens (tertiary/aromatic N) is 9. The standard InChI is InChI=1S/C98H104N14O20P2/c1-62(2)112(63(3)4)133(126-52-21-47-99)131-81-54-88(110-51-46-85(105-95(110)117)104-86(113)32-20-50-109(6)97(119)124-58-80-77-30-18-14-26-73(77)74-27-15-19-31-78(74)80)130-84(81)60-128-134(120,127-53-49-100-5)132-82-55-89(129-83(82)59-125-98(66-22-10-9-11-23-66,67-37-41-69(121-7)42-38-67)68-39-43-70(122-8)44-40-68)111-61-103-90-91(111)107-94(108-93(90)116)106-87(114)45-48-101-92(115)65-35-33-64(34-36-65)56-102-96(118)123-57-79-75-28-16-12-24-71(75)72-25-13-17-29-76(72)79/h9-19,22-31,33-44,46,51,61-63,79-84,88-89H,20-21,32,45,48-50,52-60H2,1-4,6-8H3,(H,101,115)(H,102,118)(H,104,105,113,117)(H2,106,107,108,114,116)/t81-,82-,83-,84-,88-,89-,133?,134?/m1/s1. The number of methoxy groups -OCH3 is 2. The van der Waals surface area contributed by atoms with Crippen molar-refractivity contribution in [3.8, 4) is 39.8 Å². The average Bonchev–Trinajstić information content (AvgIpc) is 0.757. The van der Waals surface area contributed by atoms with E-state index in [-0.39, 0.29) is 144 Å². The van der Waals surface area contributed by atoms with E-state index < -0.39 is 113 Å². The van der Waals surface area contributed by atoms with Crippen molar-refractivity contribution >= 4 is 69.2 Å². The van der Waals surface area contributed by atoms with Gasteiger partial charge in [-0.1, -0.05) is 164 Å². The van der Waals surface area contributed by atoms with Crippen molar-refractivity contribution in [1.82, 2.24) is 49.3 Å². The lowest BCUT2D eigenvalue weighted by Gasteiger charge is -2.37. The van der Waals surface area contributed by atoms with Crippen LogP contribution in [0.3, 0.4) is 0 Å². The van der Waals surface area contributed by atoms with Crippen LogP contribution in [0.25, 0.3) is 38.3 Å². The van der Waals surface area contributed by atoms with Crippen molar-refractivity contribution in [3.05, 3.63) is 301 Å². The van der Waals surface area contributed by atoms with Gasteiger partial charge in [0.25, 0.3) is 20.0 Å². The molecule has 0 bridgehead atoms. The van der Waals surface area contributed by atoms with Gasteiger partial charge in [-0.15, -0.1) is 0 Å².